The van der Waals surface area contributed by atoms with Crippen LogP contribution in [0.2, 0.25) is 0 Å². The van der Waals surface area contributed by atoms with E-state index < -0.39 is 11.9 Å². The van der Waals surface area contributed by atoms with Gasteiger partial charge in [-0.05, 0) is 43.0 Å². The number of rotatable bonds is 10. The highest BCUT2D eigenvalue weighted by Crippen LogP contribution is 2.17. The number of hydrogen-bond donors (Lipinski definition) is 3. The van der Waals surface area contributed by atoms with Gasteiger partial charge in [-0.25, -0.2) is 0 Å². The Bertz CT molecular complexity index is 1130. The van der Waals surface area contributed by atoms with Crippen molar-refractivity contribution < 1.29 is 14.4 Å². The summed E-state index contributed by atoms with van der Waals surface area (Å²) in [4.78, 5) is 42.5. The Labute approximate surface area is 206 Å². The molecule has 0 unspecified atom stereocenters. The maximum atomic E-state index is 12.9. The fourth-order valence-electron chi connectivity index (χ4n) is 3.38. The topological polar surface area (TPSA) is 100 Å². The molecule has 0 fully saturated rings. The summed E-state index contributed by atoms with van der Waals surface area (Å²) in [5.74, 6) is -0.733. The number of nitrogens with one attached hydrogen (secondary N) is 3. The summed E-state index contributed by atoms with van der Waals surface area (Å²) in [6, 6.07) is 19.4. The molecule has 3 aromatic rings. The molecule has 7 nitrogen and oxygen atoms in total. The van der Waals surface area contributed by atoms with Gasteiger partial charge < -0.3 is 16.0 Å². The second-order valence-electron chi connectivity index (χ2n) is 8.87. The Kier molecular flexibility index (Phi) is 9.12. The van der Waals surface area contributed by atoms with E-state index in [4.69, 9.17) is 0 Å². The van der Waals surface area contributed by atoms with Crippen molar-refractivity contribution in [2.45, 2.75) is 33.2 Å². The zero-order valence-corrected chi connectivity index (χ0v) is 20.4. The predicted octanol–water partition coefficient (Wildman–Crippen LogP) is 3.75. The maximum Gasteiger partial charge on any atom is 0.270 e. The molecule has 3 amide bonds. The fourth-order valence-corrected chi connectivity index (χ4v) is 3.38. The predicted molar refractivity (Wildman–Crippen MR) is 137 cm³/mol. The van der Waals surface area contributed by atoms with Crippen LogP contribution >= 0.6 is 0 Å². The smallest absolute Gasteiger partial charge is 0.270 e. The first kappa shape index (κ1) is 25.6. The van der Waals surface area contributed by atoms with Crippen molar-refractivity contribution in [2.75, 3.05) is 13.1 Å². The van der Waals surface area contributed by atoms with Gasteiger partial charge in [0, 0.05) is 30.4 Å². The lowest BCUT2D eigenvalue weighted by atomic mass is 10.1. The van der Waals surface area contributed by atoms with Crippen LogP contribution in [-0.4, -0.2) is 41.8 Å². The van der Waals surface area contributed by atoms with Gasteiger partial charge in [0.15, 0.2) is 0 Å². The molecule has 0 bridgehead atoms. The molecule has 3 rings (SSSR count). The number of carbonyl (C=O) groups is 3. The molecule has 0 saturated heterocycles. The van der Waals surface area contributed by atoms with E-state index in [1.165, 1.54) is 0 Å². The Morgan fingerprint density at radius 2 is 1.54 bits per heavy atom. The summed E-state index contributed by atoms with van der Waals surface area (Å²) in [5, 5.41) is 8.32. The van der Waals surface area contributed by atoms with E-state index in [1.54, 1.807) is 24.4 Å². The van der Waals surface area contributed by atoms with Crippen LogP contribution in [0.1, 0.15) is 46.7 Å². The molecule has 3 N–H and O–H groups in total. The molecule has 0 aliphatic heterocycles. The van der Waals surface area contributed by atoms with Crippen LogP contribution in [0.4, 0.5) is 0 Å². The van der Waals surface area contributed by atoms with Crippen LogP contribution in [0.25, 0.3) is 11.1 Å². The highest BCUT2D eigenvalue weighted by molar-refractivity contribution is 5.97. The maximum absolute atomic E-state index is 12.9. The van der Waals surface area contributed by atoms with Crippen LogP contribution in [0.3, 0.4) is 0 Å². The van der Waals surface area contributed by atoms with Gasteiger partial charge in [-0.3, -0.25) is 19.4 Å². The van der Waals surface area contributed by atoms with Crippen LogP contribution in [-0.2, 0) is 4.79 Å². The van der Waals surface area contributed by atoms with Gasteiger partial charge in [0.2, 0.25) is 5.91 Å². The van der Waals surface area contributed by atoms with Crippen molar-refractivity contribution in [1.82, 2.24) is 20.9 Å². The van der Waals surface area contributed by atoms with Crippen LogP contribution in [0.15, 0.2) is 72.9 Å². The molecule has 1 aromatic heterocycles. The first-order valence-electron chi connectivity index (χ1n) is 11.8. The second-order valence-corrected chi connectivity index (χ2v) is 8.87. The quantitative estimate of drug-likeness (QED) is 0.418. The monoisotopic (exact) mass is 472 g/mol. The third kappa shape index (κ3) is 7.78. The minimum absolute atomic E-state index is 0.0476. The van der Waals surface area contributed by atoms with Crippen LogP contribution in [0.5, 0.6) is 0 Å². The Morgan fingerprint density at radius 3 is 2.17 bits per heavy atom. The average Bonchev–Trinajstić information content (AvgIpc) is 2.87. The summed E-state index contributed by atoms with van der Waals surface area (Å²) in [6.07, 6.45) is 2.44. The van der Waals surface area contributed by atoms with E-state index >= 15 is 0 Å². The lowest BCUT2D eigenvalue weighted by Crippen LogP contribution is -2.53. The van der Waals surface area contributed by atoms with Gasteiger partial charge in [0.1, 0.15) is 11.7 Å². The van der Waals surface area contributed by atoms with Crippen molar-refractivity contribution >= 4 is 17.7 Å². The zero-order chi connectivity index (χ0) is 25.2. The Morgan fingerprint density at radius 1 is 0.829 bits per heavy atom. The van der Waals surface area contributed by atoms with Crippen molar-refractivity contribution in [3.63, 3.8) is 0 Å². The summed E-state index contributed by atoms with van der Waals surface area (Å²) < 4.78 is 0. The largest absolute Gasteiger partial charge is 0.354 e. The van der Waals surface area contributed by atoms with Crippen LogP contribution in [0, 0.1) is 12.8 Å². The van der Waals surface area contributed by atoms with Gasteiger partial charge in [-0.1, -0.05) is 67.9 Å². The minimum Gasteiger partial charge on any atom is -0.354 e. The van der Waals surface area contributed by atoms with E-state index in [0.717, 1.165) is 23.1 Å². The van der Waals surface area contributed by atoms with Crippen molar-refractivity contribution in [2.24, 2.45) is 5.92 Å². The first-order chi connectivity index (χ1) is 16.8. The van der Waals surface area contributed by atoms with E-state index in [0.29, 0.717) is 18.0 Å². The molecule has 35 heavy (non-hydrogen) atoms. The molecular formula is C28H32N4O3. The molecule has 182 valence electrons. The number of nitrogens with zero attached hydrogens (tertiary/aromatic N) is 1. The van der Waals surface area contributed by atoms with E-state index in [2.05, 4.69) is 34.8 Å². The van der Waals surface area contributed by atoms with Gasteiger partial charge in [-0.15, -0.1) is 0 Å². The summed E-state index contributed by atoms with van der Waals surface area (Å²) in [7, 11) is 0. The van der Waals surface area contributed by atoms with Crippen molar-refractivity contribution in [1.29, 1.82) is 0 Å². The number of amides is 3. The Balaban J connectivity index is 1.67. The fraction of sp³-hybridized carbons (Fsp3) is 0.286. The van der Waals surface area contributed by atoms with E-state index in [-0.39, 0.29) is 24.1 Å². The molecular weight excluding hydrogens is 440 g/mol. The minimum atomic E-state index is -0.945. The molecule has 0 spiro atoms. The average molecular weight is 473 g/mol. The van der Waals surface area contributed by atoms with E-state index in [1.807, 2.05) is 55.5 Å². The lowest BCUT2D eigenvalue weighted by molar-refractivity contribution is -0.122. The van der Waals surface area contributed by atoms with Gasteiger partial charge in [-0.2, -0.15) is 0 Å². The van der Waals surface area contributed by atoms with Gasteiger partial charge in [0.05, 0.1) is 0 Å². The number of carbonyl (C=O) groups excluding carboxylic acids is 3. The number of aromatic nitrogens is 1. The summed E-state index contributed by atoms with van der Waals surface area (Å²) in [5.41, 5.74) is 3.60. The molecule has 0 radical (unpaired) electrons. The molecule has 1 heterocycles. The summed E-state index contributed by atoms with van der Waals surface area (Å²) >= 11 is 0. The number of hydrogen-bond acceptors (Lipinski definition) is 4. The third-order valence-corrected chi connectivity index (χ3v) is 5.53. The van der Waals surface area contributed by atoms with Crippen molar-refractivity contribution in [3.8, 4) is 11.1 Å². The Hall–Kier alpha value is -4.00. The normalized spacial score (nSPS) is 11.5. The van der Waals surface area contributed by atoms with E-state index in [9.17, 15) is 14.4 Å². The lowest BCUT2D eigenvalue weighted by Gasteiger charge is -2.19. The molecule has 7 heteroatoms. The zero-order valence-electron chi connectivity index (χ0n) is 20.4. The van der Waals surface area contributed by atoms with Crippen molar-refractivity contribution in [3.05, 3.63) is 89.7 Å². The third-order valence-electron chi connectivity index (χ3n) is 5.53. The summed E-state index contributed by atoms with van der Waals surface area (Å²) in [6.45, 7) is 6.51. The van der Waals surface area contributed by atoms with Gasteiger partial charge >= 0.3 is 0 Å². The second kappa shape index (κ2) is 12.5. The highest BCUT2D eigenvalue weighted by atomic mass is 16.2. The molecule has 0 aliphatic rings. The molecule has 1 atom stereocenters. The molecule has 0 saturated carbocycles. The standard InChI is InChI=1S/C28H32N4O3/c1-19(2)15-16-29-27(34)25(18-31-26(33)22-11-9-20(3)10-12-22)32-28(35)24-14-13-23(17-30-24)21-7-5-4-6-8-21/h4-14,17,19,25H,15-16,18H2,1-3H3,(H,29,34)(H,31,33)(H,32,35)/t25-/m0/s1. The SMILES string of the molecule is Cc1ccc(C(=O)NC[C@H](NC(=O)c2ccc(-c3ccccc3)cn2)C(=O)NCCC(C)C)cc1. The molecule has 0 aliphatic carbocycles. The highest BCUT2D eigenvalue weighted by Gasteiger charge is 2.23. The van der Waals surface area contributed by atoms with Crippen LogP contribution < -0.4 is 16.0 Å². The number of aryl methyl sites for hydroxylation is 1. The molecule has 2 aromatic carbocycles. The van der Waals surface area contributed by atoms with Gasteiger partial charge in [0.25, 0.3) is 11.8 Å². The number of pyridine rings is 1. The number of benzene rings is 2. The first-order valence-corrected chi connectivity index (χ1v) is 11.8.